The summed E-state index contributed by atoms with van der Waals surface area (Å²) in [6, 6.07) is 24.2. The van der Waals surface area contributed by atoms with Gasteiger partial charge in [-0.1, -0.05) is 61.3 Å². The third-order valence-corrected chi connectivity index (χ3v) is 7.04. The van der Waals surface area contributed by atoms with Crippen molar-refractivity contribution in [1.82, 2.24) is 14.9 Å². The number of imidazole rings is 1. The van der Waals surface area contributed by atoms with Crippen molar-refractivity contribution in [1.29, 1.82) is 0 Å². The molecule has 0 aliphatic rings. The van der Waals surface area contributed by atoms with Gasteiger partial charge in [-0.3, -0.25) is 4.79 Å². The molecule has 0 bridgehead atoms. The fourth-order valence-electron chi connectivity index (χ4n) is 4.61. The second kappa shape index (κ2) is 14.6. The van der Waals surface area contributed by atoms with Crippen LogP contribution in [0.1, 0.15) is 56.0 Å². The Morgan fingerprint density at radius 3 is 2.45 bits per heavy atom. The third-order valence-electron chi connectivity index (χ3n) is 6.79. The van der Waals surface area contributed by atoms with E-state index in [9.17, 15) is 4.79 Å². The van der Waals surface area contributed by atoms with Gasteiger partial charge in [0.15, 0.2) is 0 Å². The second-order valence-corrected chi connectivity index (χ2v) is 10.1. The normalized spacial score (nSPS) is 11.1. The molecule has 0 radical (unpaired) electrons. The highest BCUT2D eigenvalue weighted by molar-refractivity contribution is 6.30. The molecule has 4 rings (SSSR count). The van der Waals surface area contributed by atoms with Crippen LogP contribution in [0.5, 0.6) is 5.75 Å². The number of benzene rings is 3. The SMILES string of the molecule is CCc1ccc(OCCCCn2c(CCCCCNC(=O)Cc3ccc(Cl)cc3)nc3ccccc32)cc1. The molecule has 0 unspecified atom stereocenters. The van der Waals surface area contributed by atoms with E-state index in [1.165, 1.54) is 11.1 Å². The van der Waals surface area contributed by atoms with Crippen LogP contribution < -0.4 is 10.1 Å². The summed E-state index contributed by atoms with van der Waals surface area (Å²) in [7, 11) is 0. The average Bonchev–Trinajstić information content (AvgIpc) is 3.29. The number of hydrogen-bond acceptors (Lipinski definition) is 3. The zero-order chi connectivity index (χ0) is 26.6. The summed E-state index contributed by atoms with van der Waals surface area (Å²) in [5.74, 6) is 2.14. The number of rotatable bonds is 15. The smallest absolute Gasteiger partial charge is 0.224 e. The van der Waals surface area contributed by atoms with Gasteiger partial charge in [0.25, 0.3) is 0 Å². The van der Waals surface area contributed by atoms with Crippen molar-refractivity contribution in [3.8, 4) is 5.75 Å². The predicted octanol–water partition coefficient (Wildman–Crippen LogP) is 7.18. The van der Waals surface area contributed by atoms with Crippen molar-refractivity contribution in [2.24, 2.45) is 0 Å². The van der Waals surface area contributed by atoms with Crippen molar-refractivity contribution in [3.05, 3.63) is 94.8 Å². The number of para-hydroxylation sites is 2. The highest BCUT2D eigenvalue weighted by atomic mass is 35.5. The van der Waals surface area contributed by atoms with Crippen LogP contribution in [0.4, 0.5) is 0 Å². The monoisotopic (exact) mass is 531 g/mol. The summed E-state index contributed by atoms with van der Waals surface area (Å²) in [5, 5.41) is 3.72. The summed E-state index contributed by atoms with van der Waals surface area (Å²) < 4.78 is 8.31. The van der Waals surface area contributed by atoms with Crippen LogP contribution in [0.25, 0.3) is 11.0 Å². The van der Waals surface area contributed by atoms with E-state index in [1.807, 2.05) is 30.3 Å². The average molecular weight is 532 g/mol. The lowest BCUT2D eigenvalue weighted by atomic mass is 10.1. The first-order valence-corrected chi connectivity index (χ1v) is 14.2. The van der Waals surface area contributed by atoms with Crippen LogP contribution in [0.3, 0.4) is 0 Å². The quantitative estimate of drug-likeness (QED) is 0.165. The number of fused-ring (bicyclic) bond motifs is 1. The highest BCUT2D eigenvalue weighted by Gasteiger charge is 2.10. The standard InChI is InChI=1S/C32H38ClN3O2/c1-2-25-15-19-28(20-16-25)38-23-9-8-22-36-30-11-6-5-10-29(30)35-31(36)12-4-3-7-21-34-32(37)24-26-13-17-27(33)18-14-26/h5-6,10-11,13-20H,2-4,7-9,12,21-24H2,1H3,(H,34,37). The van der Waals surface area contributed by atoms with Gasteiger partial charge in [-0.2, -0.15) is 0 Å². The number of hydrogen-bond donors (Lipinski definition) is 1. The minimum Gasteiger partial charge on any atom is -0.494 e. The van der Waals surface area contributed by atoms with Gasteiger partial charge in [-0.25, -0.2) is 4.98 Å². The Bertz CT molecular complexity index is 1280. The molecular formula is C32H38ClN3O2. The summed E-state index contributed by atoms with van der Waals surface area (Å²) >= 11 is 5.91. The number of aryl methyl sites for hydroxylation is 3. The van der Waals surface area contributed by atoms with Gasteiger partial charge in [-0.15, -0.1) is 0 Å². The minimum atomic E-state index is 0.0519. The van der Waals surface area contributed by atoms with Crippen LogP contribution in [-0.4, -0.2) is 28.6 Å². The molecule has 1 N–H and O–H groups in total. The number of aromatic nitrogens is 2. The predicted molar refractivity (Wildman–Crippen MR) is 156 cm³/mol. The van der Waals surface area contributed by atoms with E-state index < -0.39 is 0 Å². The van der Waals surface area contributed by atoms with Crippen LogP contribution in [-0.2, 0) is 30.6 Å². The van der Waals surface area contributed by atoms with Crippen LogP contribution in [0.2, 0.25) is 5.02 Å². The van der Waals surface area contributed by atoms with Crippen molar-refractivity contribution < 1.29 is 9.53 Å². The molecule has 3 aromatic carbocycles. The first-order chi connectivity index (χ1) is 18.6. The van der Waals surface area contributed by atoms with E-state index in [2.05, 4.69) is 59.3 Å². The molecule has 0 aliphatic carbocycles. The lowest BCUT2D eigenvalue weighted by molar-refractivity contribution is -0.120. The minimum absolute atomic E-state index is 0.0519. The maximum Gasteiger partial charge on any atom is 0.224 e. The van der Waals surface area contributed by atoms with E-state index in [4.69, 9.17) is 21.3 Å². The van der Waals surface area contributed by atoms with Gasteiger partial charge in [0.1, 0.15) is 11.6 Å². The number of unbranched alkanes of at least 4 members (excludes halogenated alkanes) is 3. The molecule has 1 aromatic heterocycles. The van der Waals surface area contributed by atoms with Gasteiger partial charge >= 0.3 is 0 Å². The topological polar surface area (TPSA) is 56.1 Å². The molecule has 5 nitrogen and oxygen atoms in total. The van der Waals surface area contributed by atoms with E-state index in [1.54, 1.807) is 0 Å². The van der Waals surface area contributed by atoms with Gasteiger partial charge in [-0.05, 0) is 79.6 Å². The second-order valence-electron chi connectivity index (χ2n) is 9.69. The molecule has 0 fully saturated rings. The van der Waals surface area contributed by atoms with Gasteiger partial charge in [0.05, 0.1) is 24.1 Å². The summed E-state index contributed by atoms with van der Waals surface area (Å²) in [6.07, 6.45) is 7.47. The van der Waals surface area contributed by atoms with E-state index >= 15 is 0 Å². The lowest BCUT2D eigenvalue weighted by Crippen LogP contribution is -2.26. The molecule has 200 valence electrons. The molecule has 6 heteroatoms. The number of carbonyl (C=O) groups is 1. The maximum absolute atomic E-state index is 12.2. The number of nitrogens with zero attached hydrogens (tertiary/aromatic N) is 2. The molecule has 0 aliphatic heterocycles. The van der Waals surface area contributed by atoms with Crippen LogP contribution in [0.15, 0.2) is 72.8 Å². The zero-order valence-electron chi connectivity index (χ0n) is 22.3. The summed E-state index contributed by atoms with van der Waals surface area (Å²) in [6.45, 7) is 4.52. The summed E-state index contributed by atoms with van der Waals surface area (Å²) in [5.41, 5.74) is 4.57. The number of ether oxygens (including phenoxy) is 1. The fraction of sp³-hybridized carbons (Fsp3) is 0.375. The highest BCUT2D eigenvalue weighted by Crippen LogP contribution is 2.19. The number of amides is 1. The molecular weight excluding hydrogens is 494 g/mol. The maximum atomic E-state index is 12.2. The van der Waals surface area contributed by atoms with Crippen LogP contribution >= 0.6 is 11.6 Å². The lowest BCUT2D eigenvalue weighted by Gasteiger charge is -2.11. The summed E-state index contributed by atoms with van der Waals surface area (Å²) in [4.78, 5) is 17.1. The van der Waals surface area contributed by atoms with Crippen molar-refractivity contribution in [3.63, 3.8) is 0 Å². The first-order valence-electron chi connectivity index (χ1n) is 13.8. The molecule has 0 saturated heterocycles. The Hall–Kier alpha value is -3.31. The zero-order valence-corrected chi connectivity index (χ0v) is 23.1. The van der Waals surface area contributed by atoms with Gasteiger partial charge in [0.2, 0.25) is 5.91 Å². The fourth-order valence-corrected chi connectivity index (χ4v) is 4.74. The van der Waals surface area contributed by atoms with Crippen molar-refractivity contribution in [2.45, 2.75) is 64.8 Å². The van der Waals surface area contributed by atoms with Crippen molar-refractivity contribution in [2.75, 3.05) is 13.2 Å². The number of carbonyl (C=O) groups excluding carboxylic acids is 1. The molecule has 0 saturated carbocycles. The Kier molecular flexibility index (Phi) is 10.6. The van der Waals surface area contributed by atoms with Gasteiger partial charge in [0, 0.05) is 24.5 Å². The first kappa shape index (κ1) is 27.7. The molecule has 38 heavy (non-hydrogen) atoms. The Balaban J connectivity index is 1.18. The Morgan fingerprint density at radius 2 is 1.66 bits per heavy atom. The Morgan fingerprint density at radius 1 is 0.895 bits per heavy atom. The van der Waals surface area contributed by atoms with Crippen molar-refractivity contribution >= 4 is 28.5 Å². The molecule has 4 aromatic rings. The molecule has 0 spiro atoms. The third kappa shape index (κ3) is 8.35. The molecule has 0 atom stereocenters. The number of nitrogens with one attached hydrogen (secondary N) is 1. The van der Waals surface area contributed by atoms with E-state index in [0.29, 0.717) is 18.0 Å². The number of halogens is 1. The molecule has 1 heterocycles. The van der Waals surface area contributed by atoms with Gasteiger partial charge < -0.3 is 14.6 Å². The van der Waals surface area contributed by atoms with Crippen LogP contribution in [0, 0.1) is 0 Å². The van der Waals surface area contributed by atoms with E-state index in [-0.39, 0.29) is 5.91 Å². The Labute approximate surface area is 231 Å². The molecule has 1 amide bonds. The van der Waals surface area contributed by atoms with E-state index in [0.717, 1.165) is 80.8 Å². The largest absolute Gasteiger partial charge is 0.494 e.